The monoisotopic (exact) mass is 278 g/mol. The Kier molecular flexibility index (Phi) is 5.25. The van der Waals surface area contributed by atoms with E-state index in [0.29, 0.717) is 11.3 Å². The van der Waals surface area contributed by atoms with Gasteiger partial charge in [-0.1, -0.05) is 12.1 Å². The molecule has 2 amide bonds. The van der Waals surface area contributed by atoms with Gasteiger partial charge in [-0.2, -0.15) is 0 Å². The van der Waals surface area contributed by atoms with Crippen molar-refractivity contribution in [1.29, 1.82) is 0 Å². The van der Waals surface area contributed by atoms with E-state index in [9.17, 15) is 14.4 Å². The molecule has 0 bridgehead atoms. The van der Waals surface area contributed by atoms with Crippen molar-refractivity contribution in [3.63, 3.8) is 0 Å². The standard InChI is InChI=1S/C14H18N2O4/c1-10(17)16(3)12-7-5-4-6-11(12)14(20)15(2)9-8-13(18)19/h4-7H,8-9H2,1-3H3,(H,18,19). The third kappa shape index (κ3) is 3.81. The zero-order valence-electron chi connectivity index (χ0n) is 11.8. The second-order valence-electron chi connectivity index (χ2n) is 4.47. The van der Waals surface area contributed by atoms with Gasteiger partial charge in [0, 0.05) is 27.6 Å². The normalized spacial score (nSPS) is 9.95. The van der Waals surface area contributed by atoms with Crippen LogP contribution < -0.4 is 4.90 Å². The molecule has 1 N–H and O–H groups in total. The van der Waals surface area contributed by atoms with Gasteiger partial charge in [0.05, 0.1) is 17.7 Å². The number of amides is 2. The van der Waals surface area contributed by atoms with Crippen molar-refractivity contribution in [2.75, 3.05) is 25.5 Å². The summed E-state index contributed by atoms with van der Waals surface area (Å²) in [6, 6.07) is 6.74. The summed E-state index contributed by atoms with van der Waals surface area (Å²) in [6.07, 6.45) is -0.118. The van der Waals surface area contributed by atoms with E-state index in [-0.39, 0.29) is 24.8 Å². The first-order chi connectivity index (χ1) is 9.34. The van der Waals surface area contributed by atoms with Gasteiger partial charge in [0.25, 0.3) is 5.91 Å². The van der Waals surface area contributed by atoms with Crippen molar-refractivity contribution in [1.82, 2.24) is 4.90 Å². The largest absolute Gasteiger partial charge is 0.481 e. The number of carbonyl (C=O) groups is 3. The Bertz CT molecular complexity index is 528. The summed E-state index contributed by atoms with van der Waals surface area (Å²) >= 11 is 0. The minimum atomic E-state index is -0.959. The highest BCUT2D eigenvalue weighted by Gasteiger charge is 2.19. The van der Waals surface area contributed by atoms with E-state index >= 15 is 0 Å². The van der Waals surface area contributed by atoms with E-state index in [2.05, 4.69) is 0 Å². The molecule has 0 unspecified atom stereocenters. The van der Waals surface area contributed by atoms with Crippen LogP contribution in [0.15, 0.2) is 24.3 Å². The number of para-hydroxylation sites is 1. The lowest BCUT2D eigenvalue weighted by atomic mass is 10.1. The highest BCUT2D eigenvalue weighted by atomic mass is 16.4. The number of hydrogen-bond acceptors (Lipinski definition) is 3. The Morgan fingerprint density at radius 3 is 2.30 bits per heavy atom. The van der Waals surface area contributed by atoms with E-state index in [1.165, 1.54) is 23.8 Å². The Labute approximate surface area is 117 Å². The van der Waals surface area contributed by atoms with Gasteiger partial charge in [-0.3, -0.25) is 14.4 Å². The first kappa shape index (κ1) is 15.7. The zero-order valence-corrected chi connectivity index (χ0v) is 11.8. The second kappa shape index (κ2) is 6.70. The third-order valence-corrected chi connectivity index (χ3v) is 2.98. The average molecular weight is 278 g/mol. The number of carbonyl (C=O) groups excluding carboxylic acids is 2. The summed E-state index contributed by atoms with van der Waals surface area (Å²) in [5, 5.41) is 8.64. The molecule has 108 valence electrons. The maximum atomic E-state index is 12.3. The molecule has 0 saturated heterocycles. The number of hydrogen-bond donors (Lipinski definition) is 1. The summed E-state index contributed by atoms with van der Waals surface area (Å²) in [7, 11) is 3.13. The van der Waals surface area contributed by atoms with Crippen molar-refractivity contribution < 1.29 is 19.5 Å². The van der Waals surface area contributed by atoms with Crippen LogP contribution in [-0.4, -0.2) is 48.4 Å². The molecule has 0 fully saturated rings. The van der Waals surface area contributed by atoms with Crippen LogP contribution in [0.3, 0.4) is 0 Å². The van der Waals surface area contributed by atoms with Gasteiger partial charge in [0.2, 0.25) is 5.91 Å². The highest BCUT2D eigenvalue weighted by Crippen LogP contribution is 2.20. The minimum Gasteiger partial charge on any atom is -0.481 e. The van der Waals surface area contributed by atoms with Crippen LogP contribution in [0.2, 0.25) is 0 Å². The van der Waals surface area contributed by atoms with E-state index in [1.807, 2.05) is 0 Å². The SMILES string of the molecule is CC(=O)N(C)c1ccccc1C(=O)N(C)CCC(=O)O. The summed E-state index contributed by atoms with van der Waals surface area (Å²) in [4.78, 5) is 37.0. The molecule has 0 aliphatic heterocycles. The Balaban J connectivity index is 2.98. The van der Waals surface area contributed by atoms with Gasteiger partial charge in [-0.05, 0) is 12.1 Å². The molecule has 6 heteroatoms. The van der Waals surface area contributed by atoms with Crippen molar-refractivity contribution in [3.8, 4) is 0 Å². The highest BCUT2D eigenvalue weighted by molar-refractivity contribution is 6.04. The fraction of sp³-hybridized carbons (Fsp3) is 0.357. The lowest BCUT2D eigenvalue weighted by Crippen LogP contribution is -2.32. The van der Waals surface area contributed by atoms with Crippen LogP contribution in [0.4, 0.5) is 5.69 Å². The molecule has 20 heavy (non-hydrogen) atoms. The number of nitrogens with zero attached hydrogens (tertiary/aromatic N) is 2. The first-order valence-electron chi connectivity index (χ1n) is 6.15. The molecule has 6 nitrogen and oxygen atoms in total. The number of rotatable bonds is 5. The Hall–Kier alpha value is -2.37. The fourth-order valence-electron chi connectivity index (χ4n) is 1.69. The van der Waals surface area contributed by atoms with Crippen molar-refractivity contribution >= 4 is 23.5 Å². The number of carboxylic acid groups (broad SMARTS) is 1. The molecular weight excluding hydrogens is 260 g/mol. The first-order valence-corrected chi connectivity index (χ1v) is 6.15. The molecule has 0 saturated carbocycles. The van der Waals surface area contributed by atoms with Crippen molar-refractivity contribution in [2.24, 2.45) is 0 Å². The summed E-state index contributed by atoms with van der Waals surface area (Å²) in [5.74, 6) is -1.45. The minimum absolute atomic E-state index is 0.117. The molecule has 1 rings (SSSR count). The van der Waals surface area contributed by atoms with E-state index < -0.39 is 5.97 Å². The maximum absolute atomic E-state index is 12.3. The quantitative estimate of drug-likeness (QED) is 0.878. The summed E-state index contributed by atoms with van der Waals surface area (Å²) in [5.41, 5.74) is 0.880. The summed E-state index contributed by atoms with van der Waals surface area (Å²) in [6.45, 7) is 1.53. The van der Waals surface area contributed by atoms with E-state index in [1.54, 1.807) is 31.3 Å². The van der Waals surface area contributed by atoms with Gasteiger partial charge in [0.15, 0.2) is 0 Å². The van der Waals surface area contributed by atoms with Crippen LogP contribution in [0.1, 0.15) is 23.7 Å². The van der Waals surface area contributed by atoms with Crippen LogP contribution in [0.5, 0.6) is 0 Å². The molecule has 0 spiro atoms. The topological polar surface area (TPSA) is 77.9 Å². The molecule has 0 aromatic heterocycles. The number of aliphatic carboxylic acids is 1. The molecule has 0 aliphatic rings. The predicted octanol–water partition coefficient (Wildman–Crippen LogP) is 1.22. The van der Waals surface area contributed by atoms with Gasteiger partial charge < -0.3 is 14.9 Å². The second-order valence-corrected chi connectivity index (χ2v) is 4.47. The molecule has 1 aromatic rings. The predicted molar refractivity (Wildman–Crippen MR) is 74.7 cm³/mol. The molecular formula is C14H18N2O4. The van der Waals surface area contributed by atoms with Crippen molar-refractivity contribution in [2.45, 2.75) is 13.3 Å². The molecule has 0 radical (unpaired) electrons. The molecule has 1 aromatic carbocycles. The lowest BCUT2D eigenvalue weighted by Gasteiger charge is -2.22. The average Bonchev–Trinajstić information content (AvgIpc) is 2.42. The van der Waals surface area contributed by atoms with Crippen molar-refractivity contribution in [3.05, 3.63) is 29.8 Å². The third-order valence-electron chi connectivity index (χ3n) is 2.98. The van der Waals surface area contributed by atoms with Crippen LogP contribution in [0.25, 0.3) is 0 Å². The van der Waals surface area contributed by atoms with E-state index in [4.69, 9.17) is 5.11 Å². The Morgan fingerprint density at radius 2 is 1.75 bits per heavy atom. The smallest absolute Gasteiger partial charge is 0.305 e. The van der Waals surface area contributed by atoms with Gasteiger partial charge in [0.1, 0.15) is 0 Å². The van der Waals surface area contributed by atoms with E-state index in [0.717, 1.165) is 0 Å². The summed E-state index contributed by atoms with van der Waals surface area (Å²) < 4.78 is 0. The van der Waals surface area contributed by atoms with Crippen LogP contribution in [0, 0.1) is 0 Å². The number of benzene rings is 1. The lowest BCUT2D eigenvalue weighted by molar-refractivity contribution is -0.137. The van der Waals surface area contributed by atoms with Gasteiger partial charge in [-0.25, -0.2) is 0 Å². The number of anilines is 1. The van der Waals surface area contributed by atoms with Gasteiger partial charge >= 0.3 is 5.97 Å². The molecule has 0 atom stereocenters. The molecule has 0 heterocycles. The van der Waals surface area contributed by atoms with Gasteiger partial charge in [-0.15, -0.1) is 0 Å². The van der Waals surface area contributed by atoms with Crippen LogP contribution in [-0.2, 0) is 9.59 Å². The maximum Gasteiger partial charge on any atom is 0.305 e. The van der Waals surface area contributed by atoms with Crippen LogP contribution >= 0.6 is 0 Å². The fourth-order valence-corrected chi connectivity index (χ4v) is 1.69. The molecule has 0 aliphatic carbocycles. The number of carboxylic acids is 1. The zero-order chi connectivity index (χ0) is 15.3. The Morgan fingerprint density at radius 1 is 1.15 bits per heavy atom.